The first-order valence-electron chi connectivity index (χ1n) is 5.10. The van der Waals surface area contributed by atoms with Crippen molar-refractivity contribution in [1.82, 2.24) is 4.98 Å². The Labute approximate surface area is 98.3 Å². The summed E-state index contributed by atoms with van der Waals surface area (Å²) >= 11 is 1.38. The third kappa shape index (κ3) is 1.41. The number of carbonyl (C=O) groups is 1. The molecule has 0 atom stereocenters. The number of Topliss-reactive ketones (excluding diaryl/α,β-unsaturated/α-hetero) is 1. The number of rotatable bonds is 1. The Hall–Kier alpha value is -1.42. The summed E-state index contributed by atoms with van der Waals surface area (Å²) in [6.45, 7) is 7.57. The summed E-state index contributed by atoms with van der Waals surface area (Å²) in [7, 11) is 0. The number of aryl methyl sites for hydroxylation is 2. The van der Waals surface area contributed by atoms with Crippen LogP contribution in [0.5, 0.6) is 0 Å². The van der Waals surface area contributed by atoms with Gasteiger partial charge >= 0.3 is 0 Å². The molecule has 0 unspecified atom stereocenters. The highest BCUT2D eigenvalue weighted by atomic mass is 32.1. The average Bonchev–Trinajstić information content (AvgIpc) is 2.52. The predicted octanol–water partition coefficient (Wildman–Crippen LogP) is 3.01. The van der Waals surface area contributed by atoms with Gasteiger partial charge < -0.3 is 5.73 Å². The van der Waals surface area contributed by atoms with Crippen LogP contribution >= 0.6 is 11.3 Å². The van der Waals surface area contributed by atoms with Gasteiger partial charge in [-0.15, -0.1) is 11.3 Å². The summed E-state index contributed by atoms with van der Waals surface area (Å²) in [5.74, 6) is 0.00945. The highest BCUT2D eigenvalue weighted by Gasteiger charge is 2.17. The number of nitrogens with zero attached hydrogens (tertiary/aromatic N) is 1. The van der Waals surface area contributed by atoms with E-state index in [2.05, 4.69) is 4.98 Å². The van der Waals surface area contributed by atoms with Crippen molar-refractivity contribution in [1.29, 1.82) is 0 Å². The second-order valence-corrected chi connectivity index (χ2v) is 5.03. The van der Waals surface area contributed by atoms with Crippen molar-refractivity contribution >= 4 is 33.0 Å². The van der Waals surface area contributed by atoms with Crippen LogP contribution in [0.2, 0.25) is 0 Å². The number of ketones is 1. The second-order valence-electron chi connectivity index (χ2n) is 4.03. The molecule has 3 nitrogen and oxygen atoms in total. The Morgan fingerprint density at radius 3 is 2.44 bits per heavy atom. The summed E-state index contributed by atoms with van der Waals surface area (Å²) < 4.78 is 0. The minimum Gasteiger partial charge on any atom is -0.397 e. The van der Waals surface area contributed by atoms with Crippen LogP contribution < -0.4 is 5.73 Å². The minimum atomic E-state index is 0.00945. The summed E-state index contributed by atoms with van der Waals surface area (Å²) in [5.41, 5.74) is 9.87. The molecule has 0 aliphatic rings. The van der Waals surface area contributed by atoms with Gasteiger partial charge in [0, 0.05) is 18.0 Å². The quantitative estimate of drug-likeness (QED) is 0.772. The molecule has 0 amide bonds. The SMILES string of the molecule is CC(=O)c1sc2nc(C)c(C)c(C)c2c1N. The van der Waals surface area contributed by atoms with Crippen molar-refractivity contribution in [2.24, 2.45) is 0 Å². The maximum absolute atomic E-state index is 11.4. The zero-order valence-electron chi connectivity index (χ0n) is 9.84. The fourth-order valence-electron chi connectivity index (χ4n) is 1.83. The van der Waals surface area contributed by atoms with E-state index in [0.717, 1.165) is 27.0 Å². The first-order valence-corrected chi connectivity index (χ1v) is 5.91. The van der Waals surface area contributed by atoms with Crippen LogP contribution in [0.1, 0.15) is 33.4 Å². The van der Waals surface area contributed by atoms with E-state index in [0.29, 0.717) is 10.6 Å². The van der Waals surface area contributed by atoms with Crippen molar-refractivity contribution in [3.63, 3.8) is 0 Å². The number of hydrogen-bond acceptors (Lipinski definition) is 4. The van der Waals surface area contributed by atoms with Gasteiger partial charge in [0.2, 0.25) is 0 Å². The van der Waals surface area contributed by atoms with E-state index in [4.69, 9.17) is 5.73 Å². The van der Waals surface area contributed by atoms with E-state index in [-0.39, 0.29) is 5.78 Å². The van der Waals surface area contributed by atoms with E-state index < -0.39 is 0 Å². The molecule has 0 aliphatic heterocycles. The fourth-order valence-corrected chi connectivity index (χ4v) is 2.93. The number of fused-ring (bicyclic) bond motifs is 1. The van der Waals surface area contributed by atoms with Crippen LogP contribution in [-0.4, -0.2) is 10.8 Å². The van der Waals surface area contributed by atoms with Crippen molar-refractivity contribution < 1.29 is 4.79 Å². The zero-order chi connectivity index (χ0) is 12.0. The Bertz CT molecular complexity index is 599. The maximum Gasteiger partial charge on any atom is 0.171 e. The molecule has 2 heterocycles. The number of aromatic nitrogens is 1. The Kier molecular flexibility index (Phi) is 2.46. The normalized spacial score (nSPS) is 11.0. The lowest BCUT2D eigenvalue weighted by atomic mass is 10.1. The van der Waals surface area contributed by atoms with Crippen LogP contribution in [0.25, 0.3) is 10.2 Å². The van der Waals surface area contributed by atoms with Gasteiger partial charge in [0.1, 0.15) is 4.83 Å². The zero-order valence-corrected chi connectivity index (χ0v) is 10.7. The van der Waals surface area contributed by atoms with E-state index >= 15 is 0 Å². The molecule has 0 fully saturated rings. The number of nitrogen functional groups attached to an aromatic ring is 1. The standard InChI is InChI=1S/C12H14N2OS/c1-5-6(2)9-10(13)11(8(4)15)16-12(9)14-7(5)3/h13H2,1-4H3. The summed E-state index contributed by atoms with van der Waals surface area (Å²) in [5, 5.41) is 0.943. The highest BCUT2D eigenvalue weighted by molar-refractivity contribution is 7.21. The van der Waals surface area contributed by atoms with Crippen molar-refractivity contribution in [3.05, 3.63) is 21.7 Å². The molecule has 2 rings (SSSR count). The second kappa shape index (κ2) is 3.56. The maximum atomic E-state index is 11.4. The molecule has 16 heavy (non-hydrogen) atoms. The lowest BCUT2D eigenvalue weighted by Crippen LogP contribution is -1.96. The minimum absolute atomic E-state index is 0.00945. The van der Waals surface area contributed by atoms with Gasteiger partial charge in [0.15, 0.2) is 5.78 Å². The van der Waals surface area contributed by atoms with Gasteiger partial charge in [-0.25, -0.2) is 4.98 Å². The molecular weight excluding hydrogens is 220 g/mol. The monoisotopic (exact) mass is 234 g/mol. The molecule has 0 bridgehead atoms. The van der Waals surface area contributed by atoms with E-state index in [1.54, 1.807) is 0 Å². The van der Waals surface area contributed by atoms with E-state index in [1.807, 2.05) is 20.8 Å². The van der Waals surface area contributed by atoms with Crippen molar-refractivity contribution in [3.8, 4) is 0 Å². The van der Waals surface area contributed by atoms with E-state index in [1.165, 1.54) is 18.3 Å². The van der Waals surface area contributed by atoms with Crippen LogP contribution in [0.3, 0.4) is 0 Å². The largest absolute Gasteiger partial charge is 0.397 e. The number of thiophene rings is 1. The number of pyridine rings is 1. The molecule has 0 aromatic carbocycles. The van der Waals surface area contributed by atoms with E-state index in [9.17, 15) is 4.79 Å². The first-order chi connectivity index (χ1) is 7.43. The summed E-state index contributed by atoms with van der Waals surface area (Å²) in [4.78, 5) is 17.4. The highest BCUT2D eigenvalue weighted by Crippen LogP contribution is 2.36. The molecule has 0 radical (unpaired) electrons. The lowest BCUT2D eigenvalue weighted by molar-refractivity contribution is 0.102. The topological polar surface area (TPSA) is 56.0 Å². The van der Waals surface area contributed by atoms with Gasteiger partial charge in [-0.1, -0.05) is 0 Å². The molecule has 0 spiro atoms. The summed E-state index contributed by atoms with van der Waals surface area (Å²) in [6, 6.07) is 0. The Morgan fingerprint density at radius 2 is 1.88 bits per heavy atom. The molecule has 2 aromatic heterocycles. The van der Waals surface area contributed by atoms with Crippen LogP contribution in [0.4, 0.5) is 5.69 Å². The Morgan fingerprint density at radius 1 is 1.25 bits per heavy atom. The van der Waals surface area contributed by atoms with Gasteiger partial charge in [-0.05, 0) is 31.9 Å². The number of anilines is 1. The van der Waals surface area contributed by atoms with Crippen molar-refractivity contribution in [2.45, 2.75) is 27.7 Å². The van der Waals surface area contributed by atoms with Gasteiger partial charge in [0.05, 0.1) is 10.6 Å². The van der Waals surface area contributed by atoms with Gasteiger partial charge in [0.25, 0.3) is 0 Å². The molecule has 4 heteroatoms. The summed E-state index contributed by atoms with van der Waals surface area (Å²) in [6.07, 6.45) is 0. The first kappa shape index (κ1) is 11.1. The predicted molar refractivity (Wildman–Crippen MR) is 68.2 cm³/mol. The number of hydrogen-bond donors (Lipinski definition) is 1. The van der Waals surface area contributed by atoms with Crippen LogP contribution in [0.15, 0.2) is 0 Å². The van der Waals surface area contributed by atoms with Crippen LogP contribution in [0, 0.1) is 20.8 Å². The third-order valence-corrected chi connectivity index (χ3v) is 4.20. The lowest BCUT2D eigenvalue weighted by Gasteiger charge is -2.05. The molecule has 2 aromatic rings. The molecule has 84 valence electrons. The molecule has 0 saturated carbocycles. The average molecular weight is 234 g/mol. The molecule has 2 N–H and O–H groups in total. The number of carbonyl (C=O) groups excluding carboxylic acids is 1. The molecular formula is C12H14N2OS. The molecule has 0 saturated heterocycles. The Balaban J connectivity index is 2.93. The van der Waals surface area contributed by atoms with Gasteiger partial charge in [-0.2, -0.15) is 0 Å². The van der Waals surface area contributed by atoms with Crippen LogP contribution in [-0.2, 0) is 0 Å². The van der Waals surface area contributed by atoms with Crippen molar-refractivity contribution in [2.75, 3.05) is 5.73 Å². The third-order valence-electron chi connectivity index (χ3n) is 3.00. The number of nitrogens with two attached hydrogens (primary N) is 1. The van der Waals surface area contributed by atoms with Gasteiger partial charge in [-0.3, -0.25) is 4.79 Å². The smallest absolute Gasteiger partial charge is 0.171 e. The fraction of sp³-hybridized carbons (Fsp3) is 0.333. The molecule has 0 aliphatic carbocycles.